The molecular weight excluding hydrogens is 418 g/mol. The third kappa shape index (κ3) is 5.26. The molecule has 0 N–H and O–H groups in total. The van der Waals surface area contributed by atoms with Gasteiger partial charge in [0.25, 0.3) is 0 Å². The van der Waals surface area contributed by atoms with Gasteiger partial charge in [-0.1, -0.05) is 51.0 Å². The van der Waals surface area contributed by atoms with Crippen molar-refractivity contribution in [1.29, 1.82) is 0 Å². The fourth-order valence-electron chi connectivity index (χ4n) is 6.31. The molecule has 1 aromatic heterocycles. The summed E-state index contributed by atoms with van der Waals surface area (Å²) in [7, 11) is 1.75. The number of carbonyl (C=O) groups excluding carboxylic acids is 1. The van der Waals surface area contributed by atoms with E-state index in [1.807, 2.05) is 46.3 Å². The third-order valence-corrected chi connectivity index (χ3v) is 8.01. The lowest BCUT2D eigenvalue weighted by atomic mass is 9.49. The Morgan fingerprint density at radius 2 is 1.82 bits per heavy atom. The van der Waals surface area contributed by atoms with Crippen LogP contribution >= 0.6 is 0 Å². The van der Waals surface area contributed by atoms with Gasteiger partial charge in [0.1, 0.15) is 0 Å². The highest BCUT2D eigenvalue weighted by atomic mass is 16.1. The molecule has 1 heterocycles. The Morgan fingerprint density at radius 3 is 2.41 bits per heavy atom. The molecule has 0 amide bonds. The molecule has 4 aliphatic carbocycles. The van der Waals surface area contributed by atoms with Crippen LogP contribution in [0.25, 0.3) is 5.70 Å². The molecule has 0 radical (unpaired) electrons. The van der Waals surface area contributed by atoms with E-state index in [0.29, 0.717) is 17.6 Å². The number of allylic oxidation sites excluding steroid dienone is 7. The third-order valence-electron chi connectivity index (χ3n) is 8.01. The number of aliphatic imine (C=N–C) groups is 1. The number of aromatic nitrogens is 2. The predicted octanol–water partition coefficient (Wildman–Crippen LogP) is 7.71. The van der Waals surface area contributed by atoms with Crippen LogP contribution in [0.1, 0.15) is 80.1 Å². The molecule has 0 spiro atoms. The topological polar surface area (TPSA) is 47.2 Å². The Morgan fingerprint density at radius 1 is 1.15 bits per heavy atom. The first-order valence-electron chi connectivity index (χ1n) is 12.9. The van der Waals surface area contributed by atoms with E-state index in [-0.39, 0.29) is 10.8 Å². The molecule has 2 saturated carbocycles. The maximum Gasteiger partial charge on any atom is 0.155 e. The van der Waals surface area contributed by atoms with E-state index in [0.717, 1.165) is 19.3 Å². The summed E-state index contributed by atoms with van der Waals surface area (Å²) in [5.41, 5.74) is 4.82. The number of ketones is 1. The number of nitrogens with zero attached hydrogens (tertiary/aromatic N) is 3. The smallest absolute Gasteiger partial charge is 0.155 e. The van der Waals surface area contributed by atoms with E-state index < -0.39 is 0 Å². The van der Waals surface area contributed by atoms with Gasteiger partial charge in [-0.2, -0.15) is 0 Å². The average Bonchev–Trinajstić information content (AvgIpc) is 3.49. The Bertz CT molecular complexity index is 946. The summed E-state index contributed by atoms with van der Waals surface area (Å²) in [6.45, 7) is 16.0. The Hall–Kier alpha value is -2.49. The molecule has 1 aromatic rings. The van der Waals surface area contributed by atoms with Gasteiger partial charge in [0.05, 0.1) is 6.33 Å². The van der Waals surface area contributed by atoms with E-state index in [4.69, 9.17) is 0 Å². The van der Waals surface area contributed by atoms with Crippen LogP contribution in [0.2, 0.25) is 0 Å². The zero-order chi connectivity index (χ0) is 25.4. The van der Waals surface area contributed by atoms with Gasteiger partial charge in [0.15, 0.2) is 5.78 Å². The molecule has 5 rings (SSSR count). The maximum absolute atomic E-state index is 11.9. The van der Waals surface area contributed by atoms with Crippen LogP contribution in [0.3, 0.4) is 0 Å². The van der Waals surface area contributed by atoms with Gasteiger partial charge in [0.2, 0.25) is 0 Å². The lowest BCUT2D eigenvalue weighted by Gasteiger charge is -2.55. The number of carbonyl (C=O) groups is 1. The number of hydrogen-bond acceptors (Lipinski definition) is 3. The first kappa shape index (κ1) is 27.8. The van der Waals surface area contributed by atoms with Crippen LogP contribution in [0.5, 0.6) is 0 Å². The van der Waals surface area contributed by atoms with Crippen molar-refractivity contribution in [2.24, 2.45) is 27.7 Å². The van der Waals surface area contributed by atoms with Crippen molar-refractivity contribution in [3.63, 3.8) is 0 Å². The first-order chi connectivity index (χ1) is 16.4. The molecule has 4 atom stereocenters. The largest absolute Gasteiger partial charge is 0.309 e. The lowest BCUT2D eigenvalue weighted by molar-refractivity contribution is -0.116. The minimum atomic E-state index is 0.143. The van der Waals surface area contributed by atoms with Gasteiger partial charge in [0, 0.05) is 37.0 Å². The number of imidazole rings is 1. The van der Waals surface area contributed by atoms with E-state index in [2.05, 4.69) is 53.3 Å². The summed E-state index contributed by atoms with van der Waals surface area (Å²) in [5.74, 6) is 1.69. The molecule has 186 valence electrons. The van der Waals surface area contributed by atoms with Crippen LogP contribution in [0.4, 0.5) is 0 Å². The Balaban J connectivity index is 0.000000399. The van der Waals surface area contributed by atoms with E-state index in [1.54, 1.807) is 24.9 Å². The summed E-state index contributed by atoms with van der Waals surface area (Å²) in [5, 5.41) is 0. The zero-order valence-electron chi connectivity index (χ0n) is 22.5. The van der Waals surface area contributed by atoms with Crippen LogP contribution in [-0.2, 0) is 4.79 Å². The molecule has 2 fully saturated rings. The SMILES string of the molecule is C=CC.CC.CC12CCC3C(CCC4=CC(=O)CCC43C)C1=CC=C2n1ccnc1.CC=NC. The summed E-state index contributed by atoms with van der Waals surface area (Å²) in [6.07, 6.45) is 22.6. The number of fused-ring (bicyclic) bond motifs is 5. The molecule has 34 heavy (non-hydrogen) atoms. The first-order valence-corrected chi connectivity index (χ1v) is 12.9. The summed E-state index contributed by atoms with van der Waals surface area (Å²) >= 11 is 0. The van der Waals surface area contributed by atoms with Gasteiger partial charge in [-0.3, -0.25) is 4.79 Å². The normalized spacial score (nSPS) is 30.9. The molecule has 4 nitrogen and oxygen atoms in total. The molecule has 4 heteroatoms. The van der Waals surface area contributed by atoms with Gasteiger partial charge in [-0.25, -0.2) is 4.98 Å². The second-order valence-corrected chi connectivity index (χ2v) is 9.74. The van der Waals surface area contributed by atoms with Crippen molar-refractivity contribution in [3.8, 4) is 0 Å². The number of rotatable bonds is 1. The van der Waals surface area contributed by atoms with Crippen LogP contribution in [0.15, 0.2) is 65.7 Å². The van der Waals surface area contributed by atoms with E-state index >= 15 is 0 Å². The molecule has 4 unspecified atom stereocenters. The fraction of sp³-hybridized carbons (Fsp3) is 0.567. The molecular formula is C30H45N3O. The highest BCUT2D eigenvalue weighted by Gasteiger charge is 2.54. The maximum atomic E-state index is 11.9. The monoisotopic (exact) mass is 463 g/mol. The second-order valence-electron chi connectivity index (χ2n) is 9.74. The highest BCUT2D eigenvalue weighted by molar-refractivity contribution is 5.91. The van der Waals surface area contributed by atoms with Gasteiger partial charge in [-0.05, 0) is 81.6 Å². The van der Waals surface area contributed by atoms with Crippen molar-refractivity contribution in [1.82, 2.24) is 9.55 Å². The van der Waals surface area contributed by atoms with Gasteiger partial charge < -0.3 is 9.56 Å². The molecule has 0 aromatic carbocycles. The van der Waals surface area contributed by atoms with Crippen molar-refractivity contribution < 1.29 is 4.79 Å². The van der Waals surface area contributed by atoms with E-state index in [1.165, 1.54) is 30.5 Å². The average molecular weight is 464 g/mol. The van der Waals surface area contributed by atoms with Crippen LogP contribution < -0.4 is 0 Å². The standard InChI is InChI=1S/C22H26N2O.C3H7N.C3H6.C2H6/c1-21-9-7-16(25)13-15(21)3-4-17-18-5-6-20(24-12-11-23-14-24)22(18,2)10-8-19(17)21;1-3-4-2;1-3-2;1-2/h5-6,11-14,17,19H,3-4,7-10H2,1-2H3;3H,1-2H3;3H,1H2,2H3;1-2H3. The number of hydrogen-bond donors (Lipinski definition) is 0. The Kier molecular flexibility index (Phi) is 10.0. The van der Waals surface area contributed by atoms with Crippen LogP contribution in [-0.4, -0.2) is 28.6 Å². The van der Waals surface area contributed by atoms with Crippen LogP contribution in [0, 0.1) is 22.7 Å². The van der Waals surface area contributed by atoms with Gasteiger partial charge in [-0.15, -0.1) is 6.58 Å². The lowest BCUT2D eigenvalue weighted by Crippen LogP contribution is -2.47. The van der Waals surface area contributed by atoms with E-state index in [9.17, 15) is 4.79 Å². The summed E-state index contributed by atoms with van der Waals surface area (Å²) < 4.78 is 2.19. The highest BCUT2D eigenvalue weighted by Crippen LogP contribution is 2.64. The van der Waals surface area contributed by atoms with Crippen molar-refractivity contribution in [3.05, 3.63) is 60.8 Å². The molecule has 0 bridgehead atoms. The second kappa shape index (κ2) is 12.3. The Labute approximate surface area is 207 Å². The summed E-state index contributed by atoms with van der Waals surface area (Å²) in [6, 6.07) is 0. The molecule has 0 saturated heterocycles. The zero-order valence-corrected chi connectivity index (χ0v) is 22.5. The molecule has 4 aliphatic rings. The predicted molar refractivity (Wildman–Crippen MR) is 146 cm³/mol. The summed E-state index contributed by atoms with van der Waals surface area (Å²) in [4.78, 5) is 19.8. The fourth-order valence-corrected chi connectivity index (χ4v) is 6.31. The molecule has 0 aliphatic heterocycles. The van der Waals surface area contributed by atoms with Crippen molar-refractivity contribution in [2.75, 3.05) is 7.05 Å². The minimum Gasteiger partial charge on any atom is -0.309 e. The van der Waals surface area contributed by atoms with Crippen molar-refractivity contribution >= 4 is 17.7 Å². The van der Waals surface area contributed by atoms with Crippen molar-refractivity contribution in [2.45, 2.75) is 80.1 Å². The quantitative estimate of drug-likeness (QED) is 0.316. The minimum absolute atomic E-state index is 0.143. The van der Waals surface area contributed by atoms with Gasteiger partial charge >= 0.3 is 0 Å².